The van der Waals surface area contributed by atoms with Gasteiger partial charge in [-0.2, -0.15) is 0 Å². The lowest BCUT2D eigenvalue weighted by molar-refractivity contribution is 0.985. The lowest BCUT2D eigenvalue weighted by Gasteiger charge is -1.94. The highest BCUT2D eigenvalue weighted by molar-refractivity contribution is 6.06. The molecule has 3 heteroatoms. The van der Waals surface area contributed by atoms with Crippen LogP contribution in [0.15, 0.2) is 36.8 Å². The quantitative estimate of drug-likeness (QED) is 0.534. The third kappa shape index (κ3) is 0.812. The summed E-state index contributed by atoms with van der Waals surface area (Å²) >= 11 is 0. The third-order valence-corrected chi connectivity index (χ3v) is 2.56. The Kier molecular flexibility index (Phi) is 1.36. The number of nitrogens with zero attached hydrogens (tertiary/aromatic N) is 3. The van der Waals surface area contributed by atoms with Gasteiger partial charge in [-0.25, -0.2) is 4.98 Å². The van der Waals surface area contributed by atoms with E-state index in [1.165, 1.54) is 10.8 Å². The Morgan fingerprint density at radius 3 is 3.00 bits per heavy atom. The highest BCUT2D eigenvalue weighted by atomic mass is 15.0. The van der Waals surface area contributed by atoms with Crippen molar-refractivity contribution in [2.75, 3.05) is 0 Å². The zero-order valence-corrected chi connectivity index (χ0v) is 7.81. The first-order valence-electron chi connectivity index (χ1n) is 4.51. The molecule has 0 N–H and O–H groups in total. The van der Waals surface area contributed by atoms with Crippen LogP contribution in [0.4, 0.5) is 0 Å². The Labute approximate surface area is 81.0 Å². The molecule has 0 unspecified atom stereocenters. The molecule has 0 saturated heterocycles. The summed E-state index contributed by atoms with van der Waals surface area (Å²) in [5, 5.41) is 2.40. The molecule has 0 aliphatic heterocycles. The Morgan fingerprint density at radius 1 is 1.14 bits per heavy atom. The summed E-state index contributed by atoms with van der Waals surface area (Å²) in [4.78, 5) is 8.47. The fraction of sp³-hybridized carbons (Fsp3) is 0.0909. The number of aromatic nitrogens is 3. The van der Waals surface area contributed by atoms with Crippen LogP contribution >= 0.6 is 0 Å². The van der Waals surface area contributed by atoms with Crippen LogP contribution in [-0.4, -0.2) is 14.5 Å². The molecular formula is C11H9N3. The zero-order valence-electron chi connectivity index (χ0n) is 7.81. The van der Waals surface area contributed by atoms with Gasteiger partial charge in [-0.05, 0) is 18.2 Å². The van der Waals surface area contributed by atoms with Crippen LogP contribution in [0, 0.1) is 0 Å². The van der Waals surface area contributed by atoms with E-state index < -0.39 is 0 Å². The molecule has 3 heterocycles. The molecule has 0 bridgehead atoms. The molecule has 3 nitrogen and oxygen atoms in total. The van der Waals surface area contributed by atoms with Gasteiger partial charge < -0.3 is 4.57 Å². The van der Waals surface area contributed by atoms with Crippen LogP contribution in [0.5, 0.6) is 0 Å². The van der Waals surface area contributed by atoms with Crippen LogP contribution < -0.4 is 0 Å². The first-order chi connectivity index (χ1) is 6.88. The van der Waals surface area contributed by atoms with Gasteiger partial charge in [0.25, 0.3) is 0 Å². The molecule has 14 heavy (non-hydrogen) atoms. The second-order valence-corrected chi connectivity index (χ2v) is 3.33. The molecule has 3 aromatic rings. The van der Waals surface area contributed by atoms with Gasteiger partial charge in [-0.1, -0.05) is 0 Å². The normalized spacial score (nSPS) is 11.2. The molecular weight excluding hydrogens is 174 g/mol. The molecule has 0 aromatic carbocycles. The zero-order chi connectivity index (χ0) is 9.54. The van der Waals surface area contributed by atoms with E-state index in [4.69, 9.17) is 0 Å². The van der Waals surface area contributed by atoms with Crippen LogP contribution in [-0.2, 0) is 7.05 Å². The third-order valence-electron chi connectivity index (χ3n) is 2.56. The monoisotopic (exact) mass is 183 g/mol. The highest BCUT2D eigenvalue weighted by Crippen LogP contribution is 2.24. The van der Waals surface area contributed by atoms with Gasteiger partial charge in [-0.15, -0.1) is 0 Å². The van der Waals surface area contributed by atoms with E-state index in [1.807, 2.05) is 37.8 Å². The number of pyridine rings is 2. The van der Waals surface area contributed by atoms with Gasteiger partial charge in [0.2, 0.25) is 0 Å². The van der Waals surface area contributed by atoms with Gasteiger partial charge in [-0.3, -0.25) is 4.98 Å². The Bertz CT molecular complexity index is 557. The SMILES string of the molecule is Cn1c2cnccc2c2cccnc21. The fourth-order valence-electron chi connectivity index (χ4n) is 1.87. The summed E-state index contributed by atoms with van der Waals surface area (Å²) in [6.45, 7) is 0. The lowest BCUT2D eigenvalue weighted by Crippen LogP contribution is -1.88. The van der Waals surface area contributed by atoms with Crippen molar-refractivity contribution in [3.8, 4) is 0 Å². The van der Waals surface area contributed by atoms with E-state index in [2.05, 4.69) is 20.6 Å². The van der Waals surface area contributed by atoms with Gasteiger partial charge in [0, 0.05) is 30.2 Å². The fourth-order valence-corrected chi connectivity index (χ4v) is 1.87. The van der Waals surface area contributed by atoms with Gasteiger partial charge in [0.15, 0.2) is 0 Å². The van der Waals surface area contributed by atoms with Crippen molar-refractivity contribution in [3.63, 3.8) is 0 Å². The summed E-state index contributed by atoms with van der Waals surface area (Å²) in [7, 11) is 2.01. The molecule has 0 aliphatic rings. The van der Waals surface area contributed by atoms with Crippen molar-refractivity contribution in [1.82, 2.24) is 14.5 Å². The first-order valence-corrected chi connectivity index (χ1v) is 4.51. The van der Waals surface area contributed by atoms with Crippen molar-refractivity contribution in [2.45, 2.75) is 0 Å². The minimum Gasteiger partial charge on any atom is -0.327 e. The number of hydrogen-bond acceptors (Lipinski definition) is 2. The summed E-state index contributed by atoms with van der Waals surface area (Å²) in [6.07, 6.45) is 5.50. The molecule has 3 rings (SSSR count). The number of rotatable bonds is 0. The molecule has 0 radical (unpaired) electrons. The maximum absolute atomic E-state index is 4.35. The van der Waals surface area contributed by atoms with Crippen molar-refractivity contribution in [3.05, 3.63) is 36.8 Å². The van der Waals surface area contributed by atoms with E-state index >= 15 is 0 Å². The van der Waals surface area contributed by atoms with Crippen LogP contribution in [0.1, 0.15) is 0 Å². The average Bonchev–Trinajstić information content (AvgIpc) is 2.55. The van der Waals surface area contributed by atoms with Crippen LogP contribution in [0.3, 0.4) is 0 Å². The molecule has 0 aliphatic carbocycles. The van der Waals surface area contributed by atoms with E-state index in [9.17, 15) is 0 Å². The molecule has 0 amide bonds. The second kappa shape index (κ2) is 2.54. The lowest BCUT2D eigenvalue weighted by atomic mass is 10.2. The maximum Gasteiger partial charge on any atom is 0.140 e. The van der Waals surface area contributed by atoms with Gasteiger partial charge >= 0.3 is 0 Å². The largest absolute Gasteiger partial charge is 0.327 e. The van der Waals surface area contributed by atoms with Crippen molar-refractivity contribution < 1.29 is 0 Å². The molecule has 3 aromatic heterocycles. The molecule has 0 fully saturated rings. The summed E-state index contributed by atoms with van der Waals surface area (Å²) in [5.41, 5.74) is 2.14. The van der Waals surface area contributed by atoms with Gasteiger partial charge in [0.05, 0.1) is 11.7 Å². The first kappa shape index (κ1) is 7.50. The Balaban J connectivity index is 2.69. The van der Waals surface area contributed by atoms with E-state index in [0.29, 0.717) is 0 Å². The Morgan fingerprint density at radius 2 is 2.07 bits per heavy atom. The molecule has 68 valence electrons. The standard InChI is InChI=1S/C11H9N3/c1-14-10-7-12-6-4-8(10)9-3-2-5-13-11(9)14/h2-7H,1H3. The van der Waals surface area contributed by atoms with Crippen molar-refractivity contribution in [2.24, 2.45) is 7.05 Å². The van der Waals surface area contributed by atoms with Crippen molar-refractivity contribution >= 4 is 21.9 Å². The van der Waals surface area contributed by atoms with Crippen LogP contribution in [0.2, 0.25) is 0 Å². The molecule has 0 spiro atoms. The summed E-state index contributed by atoms with van der Waals surface area (Å²) < 4.78 is 2.07. The van der Waals surface area contributed by atoms with E-state index in [1.54, 1.807) is 0 Å². The molecule has 0 atom stereocenters. The topological polar surface area (TPSA) is 30.7 Å². The maximum atomic E-state index is 4.35. The van der Waals surface area contributed by atoms with E-state index in [-0.39, 0.29) is 0 Å². The predicted molar refractivity (Wildman–Crippen MR) is 56.0 cm³/mol. The van der Waals surface area contributed by atoms with Crippen molar-refractivity contribution in [1.29, 1.82) is 0 Å². The highest BCUT2D eigenvalue weighted by Gasteiger charge is 2.06. The summed E-state index contributed by atoms with van der Waals surface area (Å²) in [6, 6.07) is 6.08. The number of aryl methyl sites for hydroxylation is 1. The van der Waals surface area contributed by atoms with Gasteiger partial charge in [0.1, 0.15) is 5.65 Å². The molecule has 0 saturated carbocycles. The second-order valence-electron chi connectivity index (χ2n) is 3.33. The van der Waals surface area contributed by atoms with Crippen LogP contribution in [0.25, 0.3) is 21.9 Å². The predicted octanol–water partition coefficient (Wildman–Crippen LogP) is 2.12. The average molecular weight is 183 g/mol. The summed E-state index contributed by atoms with van der Waals surface area (Å²) in [5.74, 6) is 0. The van der Waals surface area contributed by atoms with E-state index in [0.717, 1.165) is 11.2 Å². The number of hydrogen-bond donors (Lipinski definition) is 0. The minimum absolute atomic E-state index is 1.01. The minimum atomic E-state index is 1.01. The smallest absolute Gasteiger partial charge is 0.140 e. The Hall–Kier alpha value is -1.90. The number of fused-ring (bicyclic) bond motifs is 3.